The molecule has 0 aromatic rings. The van der Waals surface area contributed by atoms with Crippen molar-refractivity contribution in [3.05, 3.63) is 24.5 Å². The van der Waals surface area contributed by atoms with Gasteiger partial charge in [0.1, 0.15) is 6.29 Å². The molecule has 204 valence electrons. The summed E-state index contributed by atoms with van der Waals surface area (Å²) in [7, 11) is 0. The number of unbranched alkanes of at least 4 members (excludes halogenated alkanes) is 18. The first kappa shape index (κ1) is 33.6. The van der Waals surface area contributed by atoms with Gasteiger partial charge >= 0.3 is 5.97 Å². The third kappa shape index (κ3) is 28.7. The molecule has 35 heavy (non-hydrogen) atoms. The van der Waals surface area contributed by atoms with Crippen molar-refractivity contribution in [2.24, 2.45) is 5.92 Å². The minimum atomic E-state index is -0.251. The van der Waals surface area contributed by atoms with Gasteiger partial charge in [0.25, 0.3) is 0 Å². The zero-order valence-electron chi connectivity index (χ0n) is 23.5. The van der Waals surface area contributed by atoms with Crippen molar-refractivity contribution in [2.45, 2.75) is 162 Å². The molecule has 3 heteroatoms. The number of allylic oxidation sites excluding steroid dienone is 3. The molecule has 0 amide bonds. The van der Waals surface area contributed by atoms with Crippen LogP contribution in [0.1, 0.15) is 162 Å². The van der Waals surface area contributed by atoms with Crippen molar-refractivity contribution in [1.82, 2.24) is 0 Å². The van der Waals surface area contributed by atoms with Gasteiger partial charge in [-0.15, -0.1) is 0 Å². The third-order valence-corrected chi connectivity index (χ3v) is 6.84. The summed E-state index contributed by atoms with van der Waals surface area (Å²) in [6.07, 6.45) is 38.8. The smallest absolute Gasteiger partial charge is 0.307 e. The number of aldehydes is 1. The van der Waals surface area contributed by atoms with Crippen LogP contribution >= 0.6 is 0 Å². The molecule has 0 aliphatic carbocycles. The zero-order chi connectivity index (χ0) is 25.7. The molecule has 0 bridgehead atoms. The highest BCUT2D eigenvalue weighted by Gasteiger charge is 2.05. The lowest BCUT2D eigenvalue weighted by Crippen LogP contribution is -1.98. The predicted octanol–water partition coefficient (Wildman–Crippen LogP) is 10.4. The number of ether oxygens (including phenoxy) is 1. The van der Waals surface area contributed by atoms with Crippen LogP contribution in [0.3, 0.4) is 0 Å². The number of esters is 1. The van der Waals surface area contributed by atoms with E-state index in [1.807, 2.05) is 6.08 Å². The lowest BCUT2D eigenvalue weighted by atomic mass is 9.93. The predicted molar refractivity (Wildman–Crippen MR) is 151 cm³/mol. The topological polar surface area (TPSA) is 43.4 Å². The Morgan fingerprint density at radius 2 is 1.11 bits per heavy atom. The lowest BCUT2D eigenvalue weighted by molar-refractivity contribution is -0.135. The second-order valence-electron chi connectivity index (χ2n) is 10.3. The molecule has 0 rings (SSSR count). The van der Waals surface area contributed by atoms with E-state index in [4.69, 9.17) is 4.74 Å². The third-order valence-electron chi connectivity index (χ3n) is 6.84. The molecule has 0 aromatic carbocycles. The monoisotopic (exact) mass is 490 g/mol. The van der Waals surface area contributed by atoms with Crippen LogP contribution in [0.25, 0.3) is 0 Å². The Morgan fingerprint density at radius 3 is 1.57 bits per heavy atom. The number of hydrogen-bond donors (Lipinski definition) is 0. The highest BCUT2D eigenvalue weighted by molar-refractivity contribution is 5.66. The molecule has 0 N–H and O–H groups in total. The van der Waals surface area contributed by atoms with E-state index in [1.165, 1.54) is 148 Å². The molecule has 0 heterocycles. The van der Waals surface area contributed by atoms with Crippen molar-refractivity contribution >= 4 is 12.3 Å². The maximum absolute atomic E-state index is 10.7. The van der Waals surface area contributed by atoms with E-state index < -0.39 is 0 Å². The molecule has 1 atom stereocenters. The summed E-state index contributed by atoms with van der Waals surface area (Å²) in [6.45, 7) is 3.71. The molecule has 0 aliphatic rings. The number of rotatable bonds is 27. The molecule has 0 fully saturated rings. The fourth-order valence-electron chi connectivity index (χ4n) is 4.68. The minimum Gasteiger partial charge on any atom is -0.435 e. The number of hydrogen-bond acceptors (Lipinski definition) is 3. The van der Waals surface area contributed by atoms with Gasteiger partial charge in [-0.2, -0.15) is 0 Å². The molecular weight excluding hydrogens is 432 g/mol. The second kappa shape index (κ2) is 28.9. The first-order valence-corrected chi connectivity index (χ1v) is 15.1. The molecule has 0 aliphatic heterocycles. The van der Waals surface area contributed by atoms with Crippen molar-refractivity contribution < 1.29 is 14.3 Å². The van der Waals surface area contributed by atoms with Crippen LogP contribution in [0.4, 0.5) is 0 Å². The van der Waals surface area contributed by atoms with Gasteiger partial charge in [-0.3, -0.25) is 4.79 Å². The summed E-state index contributed by atoms with van der Waals surface area (Å²) in [4.78, 5) is 21.3. The van der Waals surface area contributed by atoms with Crippen LogP contribution < -0.4 is 0 Å². The van der Waals surface area contributed by atoms with Crippen LogP contribution in [0.15, 0.2) is 24.5 Å². The summed E-state index contributed by atoms with van der Waals surface area (Å²) in [6, 6.07) is 0. The molecule has 3 nitrogen and oxygen atoms in total. The largest absolute Gasteiger partial charge is 0.435 e. The highest BCUT2D eigenvalue weighted by Crippen LogP contribution is 2.21. The molecule has 0 spiro atoms. The summed E-state index contributed by atoms with van der Waals surface area (Å²) in [5.74, 6) is 0.409. The highest BCUT2D eigenvalue weighted by atomic mass is 16.5. The molecule has 0 radical (unpaired) electrons. The normalized spacial score (nSPS) is 12.5. The molecular formula is C32H58O3. The van der Waals surface area contributed by atoms with Crippen LogP contribution in [0.5, 0.6) is 0 Å². The van der Waals surface area contributed by atoms with E-state index in [1.54, 1.807) is 0 Å². The Labute approximate surface area is 218 Å². The second-order valence-corrected chi connectivity index (χ2v) is 10.3. The average molecular weight is 491 g/mol. The van der Waals surface area contributed by atoms with Crippen molar-refractivity contribution in [2.75, 3.05) is 0 Å². The summed E-state index contributed by atoms with van der Waals surface area (Å²) in [5, 5.41) is 0. The Bertz CT molecular complexity index is 509. The van der Waals surface area contributed by atoms with E-state index >= 15 is 0 Å². The van der Waals surface area contributed by atoms with Crippen LogP contribution in [-0.4, -0.2) is 12.3 Å². The quantitative estimate of drug-likeness (QED) is 0.0378. The lowest BCUT2D eigenvalue weighted by Gasteiger charge is -2.13. The van der Waals surface area contributed by atoms with Gasteiger partial charge in [-0.1, -0.05) is 135 Å². The van der Waals surface area contributed by atoms with E-state index in [2.05, 4.69) is 19.1 Å². The molecule has 0 saturated heterocycles. The fraction of sp³-hybridized carbons (Fsp3) is 0.812. The average Bonchev–Trinajstić information content (AvgIpc) is 2.84. The van der Waals surface area contributed by atoms with Gasteiger partial charge in [0.15, 0.2) is 0 Å². The summed E-state index contributed by atoms with van der Waals surface area (Å²) in [5.41, 5.74) is 0. The molecule has 0 saturated carbocycles. The maximum Gasteiger partial charge on any atom is 0.307 e. The molecule has 1 unspecified atom stereocenters. The first-order valence-electron chi connectivity index (χ1n) is 15.1. The Kier molecular flexibility index (Phi) is 27.7. The van der Waals surface area contributed by atoms with Gasteiger partial charge in [0.2, 0.25) is 0 Å². The fourth-order valence-corrected chi connectivity index (χ4v) is 4.68. The Morgan fingerprint density at radius 1 is 0.657 bits per heavy atom. The van der Waals surface area contributed by atoms with E-state index in [0.717, 1.165) is 12.7 Å². The first-order chi connectivity index (χ1) is 17.2. The summed E-state index contributed by atoms with van der Waals surface area (Å²) >= 11 is 0. The Balaban J connectivity index is 3.67. The number of carbonyl (C=O) groups is 2. The summed E-state index contributed by atoms with van der Waals surface area (Å²) < 4.78 is 4.79. The van der Waals surface area contributed by atoms with E-state index in [0.29, 0.717) is 12.3 Å². The van der Waals surface area contributed by atoms with Crippen molar-refractivity contribution in [3.8, 4) is 0 Å². The molecule has 0 aromatic heterocycles. The maximum atomic E-state index is 10.7. The van der Waals surface area contributed by atoms with Crippen molar-refractivity contribution in [3.63, 3.8) is 0 Å². The van der Waals surface area contributed by atoms with Gasteiger partial charge in [-0.25, -0.2) is 0 Å². The van der Waals surface area contributed by atoms with E-state index in [9.17, 15) is 9.59 Å². The van der Waals surface area contributed by atoms with Gasteiger partial charge in [0, 0.05) is 13.3 Å². The van der Waals surface area contributed by atoms with Crippen LogP contribution in [0, 0.1) is 5.92 Å². The zero-order valence-corrected chi connectivity index (χ0v) is 23.5. The Hall–Kier alpha value is -1.38. The van der Waals surface area contributed by atoms with Gasteiger partial charge in [-0.05, 0) is 37.7 Å². The van der Waals surface area contributed by atoms with Gasteiger partial charge < -0.3 is 9.53 Å². The SMILES string of the molecule is CCCCCCCCCCCCCC(C=CCC=O)CCCCCCCCCCC=COC(C)=O. The van der Waals surface area contributed by atoms with E-state index in [-0.39, 0.29) is 5.97 Å². The van der Waals surface area contributed by atoms with Crippen LogP contribution in [-0.2, 0) is 14.3 Å². The van der Waals surface area contributed by atoms with Gasteiger partial charge in [0.05, 0.1) is 6.26 Å². The standard InChI is InChI=1S/C32H58O3/c1-3-4-5-6-7-8-9-12-15-18-21-26-32(28-23-24-29-33)27-22-19-16-13-10-11-14-17-20-25-30-35-31(2)34/h23,25,28-30,32H,3-22,24,26-27H2,1-2H3. The van der Waals surface area contributed by atoms with Crippen LogP contribution in [0.2, 0.25) is 0 Å². The number of carbonyl (C=O) groups excluding carboxylic acids is 2. The minimum absolute atomic E-state index is 0.251. The van der Waals surface area contributed by atoms with Crippen molar-refractivity contribution in [1.29, 1.82) is 0 Å².